The van der Waals surface area contributed by atoms with Gasteiger partial charge in [-0.05, 0) is 43.4 Å². The van der Waals surface area contributed by atoms with Crippen LogP contribution < -0.4 is 5.32 Å². The zero-order valence-corrected chi connectivity index (χ0v) is 11.1. The number of nitrogens with one attached hydrogen (secondary N) is 1. The highest BCUT2D eigenvalue weighted by Crippen LogP contribution is 2.26. The lowest BCUT2D eigenvalue weighted by atomic mass is 9.86. The van der Waals surface area contributed by atoms with E-state index in [4.69, 9.17) is 4.74 Å². The van der Waals surface area contributed by atoms with Crippen molar-refractivity contribution in [3.63, 3.8) is 0 Å². The minimum atomic E-state index is 0.240. The Morgan fingerprint density at radius 1 is 1.44 bits per heavy atom. The molecule has 0 bridgehead atoms. The third-order valence-electron chi connectivity index (χ3n) is 3.65. The van der Waals surface area contributed by atoms with Crippen LogP contribution in [-0.4, -0.2) is 24.9 Å². The summed E-state index contributed by atoms with van der Waals surface area (Å²) in [6.45, 7) is 4.63. The summed E-state index contributed by atoms with van der Waals surface area (Å²) < 4.78 is 5.64. The Kier molecular flexibility index (Phi) is 5.02. The lowest BCUT2D eigenvalue weighted by molar-refractivity contribution is 0.0710. The predicted octanol–water partition coefficient (Wildman–Crippen LogP) is 2.86. The monoisotopic (exact) mass is 249 g/mol. The first-order valence-electron chi connectivity index (χ1n) is 6.86. The molecule has 2 rings (SSSR count). The molecule has 0 aliphatic heterocycles. The second kappa shape index (κ2) is 6.76. The molecule has 0 aromatic heterocycles. The summed E-state index contributed by atoms with van der Waals surface area (Å²) in [4.78, 5) is 0. The van der Waals surface area contributed by atoms with Gasteiger partial charge < -0.3 is 15.2 Å². The Bertz CT molecular complexity index is 363. The minimum absolute atomic E-state index is 0.240. The lowest BCUT2D eigenvalue weighted by Crippen LogP contribution is -2.25. The first kappa shape index (κ1) is 13.4. The van der Waals surface area contributed by atoms with Crippen molar-refractivity contribution in [3.05, 3.63) is 29.8 Å². The number of benzene rings is 1. The van der Waals surface area contributed by atoms with E-state index in [-0.39, 0.29) is 6.04 Å². The summed E-state index contributed by atoms with van der Waals surface area (Å²) in [5, 5.41) is 12.8. The van der Waals surface area contributed by atoms with E-state index in [0.717, 1.165) is 31.2 Å². The molecule has 0 heterocycles. The zero-order valence-electron chi connectivity index (χ0n) is 11.1. The van der Waals surface area contributed by atoms with Crippen molar-refractivity contribution >= 4 is 0 Å². The molecule has 2 N–H and O–H groups in total. The topological polar surface area (TPSA) is 41.5 Å². The quantitative estimate of drug-likeness (QED) is 0.730. The Morgan fingerprint density at radius 2 is 2.28 bits per heavy atom. The molecule has 3 heteroatoms. The van der Waals surface area contributed by atoms with Gasteiger partial charge in [0.1, 0.15) is 5.75 Å². The fraction of sp³-hybridized carbons (Fsp3) is 0.600. The third-order valence-corrected chi connectivity index (χ3v) is 3.65. The predicted molar refractivity (Wildman–Crippen MR) is 72.7 cm³/mol. The Hall–Kier alpha value is -1.06. The van der Waals surface area contributed by atoms with Crippen LogP contribution in [0.5, 0.6) is 5.75 Å². The molecule has 0 unspecified atom stereocenters. The van der Waals surface area contributed by atoms with Gasteiger partial charge in [-0.2, -0.15) is 0 Å². The summed E-state index contributed by atoms with van der Waals surface area (Å²) in [7, 11) is 0. The van der Waals surface area contributed by atoms with Crippen LogP contribution >= 0.6 is 0 Å². The largest absolute Gasteiger partial charge is 0.508 e. The summed E-state index contributed by atoms with van der Waals surface area (Å²) in [6, 6.07) is 7.62. The van der Waals surface area contributed by atoms with Crippen LogP contribution in [0.4, 0.5) is 0 Å². The van der Waals surface area contributed by atoms with Crippen molar-refractivity contribution in [1.82, 2.24) is 5.32 Å². The van der Waals surface area contributed by atoms with Crippen LogP contribution in [0, 0.1) is 5.92 Å². The van der Waals surface area contributed by atoms with E-state index >= 15 is 0 Å². The molecule has 1 saturated carbocycles. The molecule has 0 saturated heterocycles. The van der Waals surface area contributed by atoms with Crippen molar-refractivity contribution in [2.45, 2.75) is 32.2 Å². The van der Waals surface area contributed by atoms with Crippen LogP contribution in [0.2, 0.25) is 0 Å². The highest BCUT2D eigenvalue weighted by Gasteiger charge is 2.16. The smallest absolute Gasteiger partial charge is 0.115 e. The standard InChI is InChI=1S/C15H23NO2/c1-12(14-6-3-7-15(17)10-14)16-8-9-18-11-13-4-2-5-13/h3,6-7,10,12-13,16-17H,2,4-5,8-9,11H2,1H3/t12-/m1/s1. The number of phenols is 1. The fourth-order valence-corrected chi connectivity index (χ4v) is 2.17. The van der Waals surface area contributed by atoms with Gasteiger partial charge in [-0.3, -0.25) is 0 Å². The molecule has 1 atom stereocenters. The number of ether oxygens (including phenoxy) is 1. The maximum absolute atomic E-state index is 9.41. The minimum Gasteiger partial charge on any atom is -0.508 e. The van der Waals surface area contributed by atoms with Gasteiger partial charge in [-0.1, -0.05) is 18.6 Å². The number of phenolic OH excluding ortho intramolecular Hbond substituents is 1. The molecule has 0 spiro atoms. The van der Waals surface area contributed by atoms with Gasteiger partial charge in [-0.15, -0.1) is 0 Å². The van der Waals surface area contributed by atoms with E-state index in [9.17, 15) is 5.11 Å². The number of rotatable bonds is 7. The summed E-state index contributed by atoms with van der Waals surface area (Å²) in [5.74, 6) is 1.14. The molecule has 1 fully saturated rings. The Balaban J connectivity index is 1.60. The van der Waals surface area contributed by atoms with Gasteiger partial charge in [-0.25, -0.2) is 0 Å². The molecule has 3 nitrogen and oxygen atoms in total. The molecular weight excluding hydrogens is 226 g/mol. The van der Waals surface area contributed by atoms with Gasteiger partial charge in [0.2, 0.25) is 0 Å². The van der Waals surface area contributed by atoms with Crippen LogP contribution in [0.1, 0.15) is 37.8 Å². The van der Waals surface area contributed by atoms with E-state index < -0.39 is 0 Å². The Morgan fingerprint density at radius 3 is 2.94 bits per heavy atom. The van der Waals surface area contributed by atoms with Gasteiger partial charge in [0.05, 0.1) is 6.61 Å². The molecule has 1 aliphatic rings. The average Bonchev–Trinajstić information content (AvgIpc) is 2.31. The summed E-state index contributed by atoms with van der Waals surface area (Å²) in [6.07, 6.45) is 4.06. The highest BCUT2D eigenvalue weighted by atomic mass is 16.5. The van der Waals surface area contributed by atoms with Crippen molar-refractivity contribution < 1.29 is 9.84 Å². The number of hydrogen-bond donors (Lipinski definition) is 2. The van der Waals surface area contributed by atoms with Crippen molar-refractivity contribution in [3.8, 4) is 5.75 Å². The molecule has 18 heavy (non-hydrogen) atoms. The maximum Gasteiger partial charge on any atom is 0.115 e. The average molecular weight is 249 g/mol. The SMILES string of the molecule is C[C@@H](NCCOCC1CCC1)c1cccc(O)c1. The second-order valence-corrected chi connectivity index (χ2v) is 5.14. The number of hydrogen-bond acceptors (Lipinski definition) is 3. The van der Waals surface area contributed by atoms with Crippen LogP contribution in [0.3, 0.4) is 0 Å². The van der Waals surface area contributed by atoms with Gasteiger partial charge >= 0.3 is 0 Å². The van der Waals surface area contributed by atoms with Crippen LogP contribution in [0.25, 0.3) is 0 Å². The molecule has 1 aliphatic carbocycles. The molecule has 0 amide bonds. The van der Waals surface area contributed by atoms with Crippen molar-refractivity contribution in [1.29, 1.82) is 0 Å². The first-order chi connectivity index (χ1) is 8.75. The number of aromatic hydroxyl groups is 1. The normalized spacial score (nSPS) is 17.4. The summed E-state index contributed by atoms with van der Waals surface area (Å²) >= 11 is 0. The first-order valence-corrected chi connectivity index (χ1v) is 6.86. The van der Waals surface area contributed by atoms with Crippen LogP contribution in [-0.2, 0) is 4.74 Å². The molecule has 1 aromatic rings. The van der Waals surface area contributed by atoms with Crippen LogP contribution in [0.15, 0.2) is 24.3 Å². The van der Waals surface area contributed by atoms with Gasteiger partial charge in [0.25, 0.3) is 0 Å². The molecule has 100 valence electrons. The maximum atomic E-state index is 9.41. The van der Waals surface area contributed by atoms with E-state index in [1.165, 1.54) is 19.3 Å². The van der Waals surface area contributed by atoms with Crippen molar-refractivity contribution in [2.75, 3.05) is 19.8 Å². The highest BCUT2D eigenvalue weighted by molar-refractivity contribution is 5.28. The fourth-order valence-electron chi connectivity index (χ4n) is 2.17. The van der Waals surface area contributed by atoms with Crippen molar-refractivity contribution in [2.24, 2.45) is 5.92 Å². The van der Waals surface area contributed by atoms with E-state index in [1.807, 2.05) is 12.1 Å². The second-order valence-electron chi connectivity index (χ2n) is 5.14. The van der Waals surface area contributed by atoms with E-state index in [0.29, 0.717) is 5.75 Å². The van der Waals surface area contributed by atoms with Gasteiger partial charge in [0, 0.05) is 19.2 Å². The molecule has 0 radical (unpaired) electrons. The van der Waals surface area contributed by atoms with Gasteiger partial charge in [0.15, 0.2) is 0 Å². The van der Waals surface area contributed by atoms with E-state index in [2.05, 4.69) is 12.2 Å². The Labute approximate surface area is 109 Å². The molecular formula is C15H23NO2. The lowest BCUT2D eigenvalue weighted by Gasteiger charge is -2.25. The summed E-state index contributed by atoms with van der Waals surface area (Å²) in [5.41, 5.74) is 1.11. The van der Waals surface area contributed by atoms with E-state index in [1.54, 1.807) is 12.1 Å². The zero-order chi connectivity index (χ0) is 12.8. The third kappa shape index (κ3) is 4.00. The molecule has 1 aromatic carbocycles.